The second kappa shape index (κ2) is 6.70. The first-order valence-electron chi connectivity index (χ1n) is 6.68. The van der Waals surface area contributed by atoms with E-state index in [1.165, 1.54) is 18.2 Å². The van der Waals surface area contributed by atoms with Crippen LogP contribution >= 0.6 is 0 Å². The van der Waals surface area contributed by atoms with Gasteiger partial charge in [-0.2, -0.15) is 5.10 Å². The molecule has 8 heteroatoms. The van der Waals surface area contributed by atoms with E-state index in [0.29, 0.717) is 5.82 Å². The first kappa shape index (κ1) is 15.5. The molecule has 1 aromatic heterocycles. The highest BCUT2D eigenvalue weighted by Gasteiger charge is 2.11. The van der Waals surface area contributed by atoms with E-state index in [1.807, 2.05) is 13.8 Å². The quantitative estimate of drug-likeness (QED) is 0.652. The van der Waals surface area contributed by atoms with Crippen molar-refractivity contribution in [1.29, 1.82) is 0 Å². The van der Waals surface area contributed by atoms with Crippen molar-refractivity contribution in [3.8, 4) is 5.75 Å². The Kier molecular flexibility index (Phi) is 4.72. The second-order valence-corrected chi connectivity index (χ2v) is 4.85. The van der Waals surface area contributed by atoms with Gasteiger partial charge in [0.2, 0.25) is 0 Å². The van der Waals surface area contributed by atoms with Gasteiger partial charge < -0.3 is 10.1 Å². The van der Waals surface area contributed by atoms with Gasteiger partial charge in [0.05, 0.1) is 17.2 Å². The molecule has 0 aliphatic heterocycles. The van der Waals surface area contributed by atoms with Crippen molar-refractivity contribution < 1.29 is 14.5 Å². The number of ether oxygens (including phenoxy) is 1. The Morgan fingerprint density at radius 2 is 2.23 bits per heavy atom. The number of nitro benzene ring substituents is 1. The highest BCUT2D eigenvalue weighted by Crippen LogP contribution is 2.19. The number of benzene rings is 1. The topological polar surface area (TPSA) is 99.3 Å². The lowest BCUT2D eigenvalue weighted by Gasteiger charge is -2.12. The van der Waals surface area contributed by atoms with Crippen LogP contribution in [-0.2, 0) is 4.79 Å². The fraction of sp³-hybridized carbons (Fsp3) is 0.286. The minimum absolute atomic E-state index is 0.0872. The summed E-state index contributed by atoms with van der Waals surface area (Å²) in [6, 6.07) is 7.48. The lowest BCUT2D eigenvalue weighted by Crippen LogP contribution is -2.22. The third-order valence-corrected chi connectivity index (χ3v) is 2.83. The molecule has 116 valence electrons. The molecule has 1 N–H and O–H groups in total. The van der Waals surface area contributed by atoms with E-state index in [2.05, 4.69) is 10.4 Å². The van der Waals surface area contributed by atoms with E-state index in [-0.39, 0.29) is 30.0 Å². The number of carbonyl (C=O) groups excluding carboxylic acids is 1. The van der Waals surface area contributed by atoms with Crippen LogP contribution in [0.4, 0.5) is 11.5 Å². The van der Waals surface area contributed by atoms with E-state index >= 15 is 0 Å². The van der Waals surface area contributed by atoms with E-state index in [4.69, 9.17) is 4.74 Å². The molecule has 0 radical (unpaired) electrons. The van der Waals surface area contributed by atoms with Crippen LogP contribution in [0.5, 0.6) is 5.75 Å². The van der Waals surface area contributed by atoms with Gasteiger partial charge in [-0.05, 0) is 19.9 Å². The molecule has 0 spiro atoms. The van der Waals surface area contributed by atoms with Crippen molar-refractivity contribution in [3.05, 3.63) is 46.6 Å². The molecule has 0 saturated heterocycles. The molecule has 0 aliphatic rings. The number of non-ortho nitro benzene ring substituents is 1. The molecule has 8 nitrogen and oxygen atoms in total. The minimum Gasteiger partial charge on any atom is -0.484 e. The summed E-state index contributed by atoms with van der Waals surface area (Å²) in [5.41, 5.74) is -0.0872. The van der Waals surface area contributed by atoms with Gasteiger partial charge >= 0.3 is 0 Å². The smallest absolute Gasteiger partial charge is 0.273 e. The molecule has 22 heavy (non-hydrogen) atoms. The molecule has 0 bridgehead atoms. The van der Waals surface area contributed by atoms with Crippen LogP contribution in [0.3, 0.4) is 0 Å². The van der Waals surface area contributed by atoms with Crippen LogP contribution in [0.2, 0.25) is 0 Å². The Hall–Kier alpha value is -2.90. The van der Waals surface area contributed by atoms with Crippen LogP contribution in [0, 0.1) is 10.1 Å². The molecule has 0 saturated carbocycles. The standard InChI is InChI=1S/C14H16N4O4/c1-10(2)17-13(6-7-15-17)16-14(19)9-22-12-5-3-4-11(8-12)18(20)21/h3-8,10H,9H2,1-2H3,(H,16,19). The molecule has 2 aromatic rings. The van der Waals surface area contributed by atoms with Crippen LogP contribution in [0.15, 0.2) is 36.5 Å². The Bertz CT molecular complexity index is 681. The van der Waals surface area contributed by atoms with Crippen molar-refractivity contribution in [3.63, 3.8) is 0 Å². The summed E-state index contributed by atoms with van der Waals surface area (Å²) in [7, 11) is 0. The van der Waals surface area contributed by atoms with Crippen molar-refractivity contribution >= 4 is 17.4 Å². The maximum Gasteiger partial charge on any atom is 0.273 e. The minimum atomic E-state index is -0.520. The molecule has 0 atom stereocenters. The number of nitro groups is 1. The summed E-state index contributed by atoms with van der Waals surface area (Å²) in [5, 5.41) is 17.5. The van der Waals surface area contributed by atoms with Crippen LogP contribution < -0.4 is 10.1 Å². The number of nitrogens with one attached hydrogen (secondary N) is 1. The highest BCUT2D eigenvalue weighted by atomic mass is 16.6. The Morgan fingerprint density at radius 1 is 1.45 bits per heavy atom. The molecule has 0 unspecified atom stereocenters. The molecule has 2 rings (SSSR count). The lowest BCUT2D eigenvalue weighted by atomic mass is 10.3. The molecule has 0 aliphatic carbocycles. The molecule has 1 amide bonds. The summed E-state index contributed by atoms with van der Waals surface area (Å²) in [4.78, 5) is 22.0. The van der Waals surface area contributed by atoms with E-state index < -0.39 is 4.92 Å². The van der Waals surface area contributed by atoms with Crippen molar-refractivity contribution in [2.75, 3.05) is 11.9 Å². The fourth-order valence-electron chi connectivity index (χ4n) is 1.84. The number of anilines is 1. The van der Waals surface area contributed by atoms with Crippen LogP contribution in [0.25, 0.3) is 0 Å². The van der Waals surface area contributed by atoms with E-state index in [9.17, 15) is 14.9 Å². The van der Waals surface area contributed by atoms with Gasteiger partial charge in [0, 0.05) is 18.2 Å². The van der Waals surface area contributed by atoms with Crippen molar-refractivity contribution in [2.45, 2.75) is 19.9 Å². The summed E-state index contributed by atoms with van der Waals surface area (Å²) in [5.74, 6) is 0.471. The number of nitrogens with zero attached hydrogens (tertiary/aromatic N) is 3. The van der Waals surface area contributed by atoms with Gasteiger partial charge in [0.15, 0.2) is 6.61 Å². The highest BCUT2D eigenvalue weighted by molar-refractivity contribution is 5.91. The third kappa shape index (κ3) is 3.81. The Morgan fingerprint density at radius 3 is 2.91 bits per heavy atom. The predicted molar refractivity (Wildman–Crippen MR) is 79.8 cm³/mol. The molecular formula is C14H16N4O4. The van der Waals surface area contributed by atoms with Crippen molar-refractivity contribution in [2.24, 2.45) is 0 Å². The zero-order valence-corrected chi connectivity index (χ0v) is 12.2. The molecule has 1 heterocycles. The number of hydrogen-bond acceptors (Lipinski definition) is 5. The van der Waals surface area contributed by atoms with Crippen molar-refractivity contribution in [1.82, 2.24) is 9.78 Å². The van der Waals surface area contributed by atoms with Gasteiger partial charge in [0.1, 0.15) is 11.6 Å². The Labute approximate surface area is 126 Å². The van der Waals surface area contributed by atoms with Gasteiger partial charge in [-0.1, -0.05) is 6.07 Å². The lowest BCUT2D eigenvalue weighted by molar-refractivity contribution is -0.384. The van der Waals surface area contributed by atoms with Gasteiger partial charge in [-0.3, -0.25) is 14.9 Å². The number of hydrogen-bond donors (Lipinski definition) is 1. The maximum absolute atomic E-state index is 11.9. The molecule has 1 aromatic carbocycles. The average molecular weight is 304 g/mol. The van der Waals surface area contributed by atoms with Gasteiger partial charge in [-0.15, -0.1) is 0 Å². The zero-order valence-electron chi connectivity index (χ0n) is 12.2. The number of amides is 1. The molecular weight excluding hydrogens is 288 g/mol. The summed E-state index contributed by atoms with van der Waals surface area (Å²) >= 11 is 0. The van der Waals surface area contributed by atoms with E-state index in [0.717, 1.165) is 0 Å². The number of rotatable bonds is 6. The summed E-state index contributed by atoms with van der Waals surface area (Å²) < 4.78 is 6.93. The Balaban J connectivity index is 1.94. The van der Waals surface area contributed by atoms with Crippen LogP contribution in [0.1, 0.15) is 19.9 Å². The SMILES string of the molecule is CC(C)n1nccc1NC(=O)COc1cccc([N+](=O)[O-])c1. The van der Waals surface area contributed by atoms with E-state index in [1.54, 1.807) is 23.0 Å². The third-order valence-electron chi connectivity index (χ3n) is 2.83. The first-order valence-corrected chi connectivity index (χ1v) is 6.68. The maximum atomic E-state index is 11.9. The van der Waals surface area contributed by atoms with Gasteiger partial charge in [-0.25, -0.2) is 4.68 Å². The second-order valence-electron chi connectivity index (χ2n) is 4.85. The fourth-order valence-corrected chi connectivity index (χ4v) is 1.84. The van der Waals surface area contributed by atoms with Gasteiger partial charge in [0.25, 0.3) is 11.6 Å². The largest absolute Gasteiger partial charge is 0.484 e. The predicted octanol–water partition coefficient (Wildman–Crippen LogP) is 2.39. The number of carbonyl (C=O) groups is 1. The monoisotopic (exact) mass is 304 g/mol. The number of aromatic nitrogens is 2. The summed E-state index contributed by atoms with van der Waals surface area (Å²) in [6.07, 6.45) is 1.59. The van der Waals surface area contributed by atoms with Crippen LogP contribution in [-0.4, -0.2) is 27.2 Å². The first-order chi connectivity index (χ1) is 10.5. The zero-order chi connectivity index (χ0) is 16.1. The molecule has 0 fully saturated rings. The summed E-state index contributed by atoms with van der Waals surface area (Å²) in [6.45, 7) is 3.65. The normalized spacial score (nSPS) is 10.5. The average Bonchev–Trinajstić information content (AvgIpc) is 2.93.